The molecule has 1 saturated heterocycles. The molecule has 2 aliphatic heterocycles. The van der Waals surface area contributed by atoms with Crippen LogP contribution in [0.2, 0.25) is 0 Å². The summed E-state index contributed by atoms with van der Waals surface area (Å²) in [4.78, 5) is 29.9. The van der Waals surface area contributed by atoms with Crippen LogP contribution in [-0.4, -0.2) is 58.6 Å². The maximum Gasteiger partial charge on any atom is 0.228 e. The topological polar surface area (TPSA) is 71.5 Å². The lowest BCUT2D eigenvalue weighted by Gasteiger charge is -2.33. The highest BCUT2D eigenvalue weighted by molar-refractivity contribution is 5.78. The monoisotopic (exact) mass is 339 g/mol. The summed E-state index contributed by atoms with van der Waals surface area (Å²) in [5, 5.41) is 0. The van der Waals surface area contributed by atoms with Crippen LogP contribution in [0.15, 0.2) is 30.7 Å². The summed E-state index contributed by atoms with van der Waals surface area (Å²) in [7, 11) is 0. The lowest BCUT2D eigenvalue weighted by atomic mass is 10.0. The van der Waals surface area contributed by atoms with Crippen LogP contribution < -0.4 is 4.90 Å². The third-order valence-corrected chi connectivity index (χ3v) is 4.71. The molecule has 130 valence electrons. The number of carbonyl (C=O) groups is 1. The molecular formula is C18H21N5O2. The van der Waals surface area contributed by atoms with Gasteiger partial charge in [-0.2, -0.15) is 0 Å². The molecule has 0 spiro atoms. The quantitative estimate of drug-likeness (QED) is 0.825. The van der Waals surface area contributed by atoms with Crippen molar-refractivity contribution in [1.82, 2.24) is 19.9 Å². The van der Waals surface area contributed by atoms with Crippen molar-refractivity contribution < 1.29 is 9.53 Å². The summed E-state index contributed by atoms with van der Waals surface area (Å²) in [5.41, 5.74) is 2.93. The molecule has 0 aliphatic carbocycles. The standard InChI is InChI=1S/C18H21N5O2/c24-17(11-14-3-1-2-5-19-14)23-6-4-15-16(12-23)20-13-21-18(15)22-7-9-25-10-8-22/h1-3,5,13H,4,6-12H2. The van der Waals surface area contributed by atoms with Crippen molar-refractivity contribution in [1.29, 1.82) is 0 Å². The molecule has 4 heterocycles. The molecule has 0 saturated carbocycles. The molecule has 0 N–H and O–H groups in total. The van der Waals surface area contributed by atoms with Crippen molar-refractivity contribution in [3.8, 4) is 0 Å². The fraction of sp³-hybridized carbons (Fsp3) is 0.444. The van der Waals surface area contributed by atoms with Gasteiger partial charge in [-0.3, -0.25) is 9.78 Å². The van der Waals surface area contributed by atoms with E-state index in [1.54, 1.807) is 12.5 Å². The molecule has 2 aromatic heterocycles. The molecule has 0 aromatic carbocycles. The summed E-state index contributed by atoms with van der Waals surface area (Å²) < 4.78 is 5.43. The molecule has 1 amide bonds. The second-order valence-electron chi connectivity index (χ2n) is 6.29. The Morgan fingerprint density at radius 3 is 2.80 bits per heavy atom. The van der Waals surface area contributed by atoms with Gasteiger partial charge >= 0.3 is 0 Å². The molecule has 0 radical (unpaired) electrons. The average molecular weight is 339 g/mol. The maximum atomic E-state index is 12.6. The lowest BCUT2D eigenvalue weighted by Crippen LogP contribution is -2.41. The van der Waals surface area contributed by atoms with Gasteiger partial charge < -0.3 is 14.5 Å². The van der Waals surface area contributed by atoms with E-state index < -0.39 is 0 Å². The number of nitrogens with zero attached hydrogens (tertiary/aromatic N) is 5. The highest BCUT2D eigenvalue weighted by Crippen LogP contribution is 2.26. The van der Waals surface area contributed by atoms with Gasteiger partial charge in [0, 0.05) is 37.1 Å². The Balaban J connectivity index is 1.49. The minimum Gasteiger partial charge on any atom is -0.378 e. The van der Waals surface area contributed by atoms with E-state index in [9.17, 15) is 4.79 Å². The van der Waals surface area contributed by atoms with E-state index in [2.05, 4.69) is 19.9 Å². The molecule has 25 heavy (non-hydrogen) atoms. The molecule has 0 atom stereocenters. The van der Waals surface area contributed by atoms with Gasteiger partial charge in [0.05, 0.1) is 31.9 Å². The Morgan fingerprint density at radius 2 is 2.00 bits per heavy atom. The van der Waals surface area contributed by atoms with Gasteiger partial charge in [0.15, 0.2) is 0 Å². The van der Waals surface area contributed by atoms with E-state index in [-0.39, 0.29) is 5.91 Å². The number of anilines is 1. The molecule has 2 aromatic rings. The van der Waals surface area contributed by atoms with Crippen molar-refractivity contribution in [2.75, 3.05) is 37.7 Å². The fourth-order valence-electron chi connectivity index (χ4n) is 3.37. The number of hydrogen-bond donors (Lipinski definition) is 0. The third-order valence-electron chi connectivity index (χ3n) is 4.71. The minimum atomic E-state index is 0.0934. The van der Waals surface area contributed by atoms with Crippen LogP contribution in [0.1, 0.15) is 17.0 Å². The number of hydrogen-bond acceptors (Lipinski definition) is 6. The Labute approximate surface area is 146 Å². The van der Waals surface area contributed by atoms with Crippen LogP contribution in [0.4, 0.5) is 5.82 Å². The lowest BCUT2D eigenvalue weighted by molar-refractivity contribution is -0.131. The highest BCUT2D eigenvalue weighted by atomic mass is 16.5. The van der Waals surface area contributed by atoms with Crippen molar-refractivity contribution in [2.24, 2.45) is 0 Å². The van der Waals surface area contributed by atoms with E-state index in [0.29, 0.717) is 19.5 Å². The van der Waals surface area contributed by atoms with Crippen molar-refractivity contribution in [2.45, 2.75) is 19.4 Å². The minimum absolute atomic E-state index is 0.0934. The summed E-state index contributed by atoms with van der Waals surface area (Å²) in [6, 6.07) is 5.65. The molecule has 1 fully saturated rings. The molecule has 2 aliphatic rings. The van der Waals surface area contributed by atoms with Crippen LogP contribution in [0.25, 0.3) is 0 Å². The fourth-order valence-corrected chi connectivity index (χ4v) is 3.37. The van der Waals surface area contributed by atoms with E-state index >= 15 is 0 Å². The van der Waals surface area contributed by atoms with Gasteiger partial charge in [0.25, 0.3) is 0 Å². The van der Waals surface area contributed by atoms with Crippen LogP contribution in [-0.2, 0) is 28.9 Å². The number of aromatic nitrogens is 3. The predicted molar refractivity (Wildman–Crippen MR) is 92.1 cm³/mol. The molecule has 4 rings (SSSR count). The van der Waals surface area contributed by atoms with Gasteiger partial charge in [-0.15, -0.1) is 0 Å². The number of rotatable bonds is 3. The van der Waals surface area contributed by atoms with E-state index in [0.717, 1.165) is 49.9 Å². The zero-order chi connectivity index (χ0) is 17.1. The number of amides is 1. The van der Waals surface area contributed by atoms with E-state index in [4.69, 9.17) is 4.74 Å². The second kappa shape index (κ2) is 7.14. The summed E-state index contributed by atoms with van der Waals surface area (Å²) >= 11 is 0. The SMILES string of the molecule is O=C(Cc1ccccn1)N1CCc2c(ncnc2N2CCOCC2)C1. The van der Waals surface area contributed by atoms with Crippen molar-refractivity contribution in [3.63, 3.8) is 0 Å². The zero-order valence-corrected chi connectivity index (χ0v) is 14.1. The first-order chi connectivity index (χ1) is 12.3. The van der Waals surface area contributed by atoms with Gasteiger partial charge in [-0.1, -0.05) is 6.07 Å². The number of pyridine rings is 1. The van der Waals surface area contributed by atoms with E-state index in [1.807, 2.05) is 23.1 Å². The first kappa shape index (κ1) is 16.0. The first-order valence-electron chi connectivity index (χ1n) is 8.64. The molecule has 7 heteroatoms. The largest absolute Gasteiger partial charge is 0.378 e. The number of ether oxygens (including phenoxy) is 1. The van der Waals surface area contributed by atoms with Crippen LogP contribution in [0.3, 0.4) is 0 Å². The normalized spacial score (nSPS) is 17.3. The first-order valence-corrected chi connectivity index (χ1v) is 8.64. The predicted octanol–water partition coefficient (Wildman–Crippen LogP) is 0.836. The number of morpholine rings is 1. The van der Waals surface area contributed by atoms with Crippen molar-refractivity contribution >= 4 is 11.7 Å². The maximum absolute atomic E-state index is 12.6. The third kappa shape index (κ3) is 3.46. The van der Waals surface area contributed by atoms with Gasteiger partial charge in [0.2, 0.25) is 5.91 Å². The molecular weight excluding hydrogens is 318 g/mol. The van der Waals surface area contributed by atoms with Gasteiger partial charge in [0.1, 0.15) is 12.1 Å². The summed E-state index contributed by atoms with van der Waals surface area (Å²) in [6.45, 7) is 4.41. The van der Waals surface area contributed by atoms with Crippen LogP contribution in [0, 0.1) is 0 Å². The average Bonchev–Trinajstić information content (AvgIpc) is 2.68. The van der Waals surface area contributed by atoms with Gasteiger partial charge in [-0.05, 0) is 18.6 Å². The smallest absolute Gasteiger partial charge is 0.228 e. The summed E-state index contributed by atoms with van der Waals surface area (Å²) in [6.07, 6.45) is 4.45. The van der Waals surface area contributed by atoms with Crippen LogP contribution >= 0.6 is 0 Å². The molecule has 0 unspecified atom stereocenters. The van der Waals surface area contributed by atoms with Crippen molar-refractivity contribution in [3.05, 3.63) is 47.7 Å². The Kier molecular flexibility index (Phi) is 4.56. The Bertz CT molecular complexity index is 746. The molecule has 7 nitrogen and oxygen atoms in total. The number of carbonyl (C=O) groups excluding carboxylic acids is 1. The zero-order valence-electron chi connectivity index (χ0n) is 14.1. The highest BCUT2D eigenvalue weighted by Gasteiger charge is 2.26. The Hall–Kier alpha value is -2.54. The summed E-state index contributed by atoms with van der Waals surface area (Å²) in [5.74, 6) is 1.10. The van der Waals surface area contributed by atoms with Crippen LogP contribution in [0.5, 0.6) is 0 Å². The second-order valence-corrected chi connectivity index (χ2v) is 6.29. The molecule has 0 bridgehead atoms. The number of fused-ring (bicyclic) bond motifs is 1. The van der Waals surface area contributed by atoms with Gasteiger partial charge in [-0.25, -0.2) is 9.97 Å². The Morgan fingerprint density at radius 1 is 1.12 bits per heavy atom. The van der Waals surface area contributed by atoms with E-state index in [1.165, 1.54) is 5.56 Å².